The van der Waals surface area contributed by atoms with Gasteiger partial charge in [0.15, 0.2) is 0 Å². The monoisotopic (exact) mass is 155 g/mol. The molecule has 1 rings (SSSR count). The van der Waals surface area contributed by atoms with Gasteiger partial charge in [0.1, 0.15) is 5.84 Å². The van der Waals surface area contributed by atoms with Gasteiger partial charge in [0.2, 0.25) is 5.91 Å². The highest BCUT2D eigenvalue weighted by Gasteiger charge is 2.18. The molecule has 0 aromatic rings. The van der Waals surface area contributed by atoms with Gasteiger partial charge in [-0.3, -0.25) is 14.7 Å². The Kier molecular flexibility index (Phi) is 2.59. The second kappa shape index (κ2) is 3.48. The zero-order valence-electron chi connectivity index (χ0n) is 6.71. The van der Waals surface area contributed by atoms with Crippen LogP contribution >= 0.6 is 0 Å². The Hall–Kier alpha value is -0.900. The van der Waals surface area contributed by atoms with Gasteiger partial charge >= 0.3 is 0 Å². The lowest BCUT2D eigenvalue weighted by Gasteiger charge is -2.14. The summed E-state index contributed by atoms with van der Waals surface area (Å²) in [7, 11) is 0. The minimum atomic E-state index is 0.0891. The van der Waals surface area contributed by atoms with E-state index >= 15 is 0 Å². The van der Waals surface area contributed by atoms with Crippen LogP contribution < -0.4 is 5.73 Å². The summed E-state index contributed by atoms with van der Waals surface area (Å²) in [6.45, 7) is 3.73. The van der Waals surface area contributed by atoms with Gasteiger partial charge < -0.3 is 5.73 Å². The quantitative estimate of drug-likeness (QED) is 0.589. The zero-order chi connectivity index (χ0) is 8.27. The van der Waals surface area contributed by atoms with Gasteiger partial charge in [0.05, 0.1) is 6.54 Å². The van der Waals surface area contributed by atoms with E-state index in [-0.39, 0.29) is 5.91 Å². The average molecular weight is 155 g/mol. The maximum Gasteiger partial charge on any atom is 0.229 e. The molecule has 4 heteroatoms. The van der Waals surface area contributed by atoms with Gasteiger partial charge in [0.25, 0.3) is 0 Å². The number of hydrogen-bond donors (Lipinski definition) is 1. The molecule has 1 aliphatic heterocycles. The summed E-state index contributed by atoms with van der Waals surface area (Å²) in [5, 5.41) is 0. The van der Waals surface area contributed by atoms with E-state index in [1.54, 1.807) is 4.90 Å². The van der Waals surface area contributed by atoms with Crippen LogP contribution in [-0.4, -0.2) is 36.3 Å². The van der Waals surface area contributed by atoms with Crippen LogP contribution in [0.25, 0.3) is 0 Å². The first-order valence-corrected chi connectivity index (χ1v) is 3.77. The number of nitrogens with two attached hydrogens (primary N) is 1. The normalized spacial score (nSPS) is 16.9. The number of amidine groups is 1. The Bertz CT molecular complexity index is 188. The maximum atomic E-state index is 11.2. The number of carbonyl (C=O) groups excluding carboxylic acids is 1. The van der Waals surface area contributed by atoms with E-state index in [0.717, 1.165) is 18.9 Å². The number of amides is 1. The summed E-state index contributed by atoms with van der Waals surface area (Å²) in [5.41, 5.74) is 5.26. The van der Waals surface area contributed by atoms with E-state index in [0.29, 0.717) is 13.0 Å². The summed E-state index contributed by atoms with van der Waals surface area (Å²) >= 11 is 0. The smallest absolute Gasteiger partial charge is 0.229 e. The van der Waals surface area contributed by atoms with E-state index in [9.17, 15) is 4.79 Å². The minimum Gasteiger partial charge on any atom is -0.330 e. The van der Waals surface area contributed by atoms with Crippen LogP contribution in [0.5, 0.6) is 0 Å². The van der Waals surface area contributed by atoms with Crippen LogP contribution in [0.2, 0.25) is 0 Å². The fraction of sp³-hybridized carbons (Fsp3) is 0.714. The number of aliphatic imine (C=N–C) groups is 1. The fourth-order valence-electron chi connectivity index (χ4n) is 1.12. The zero-order valence-corrected chi connectivity index (χ0v) is 6.71. The van der Waals surface area contributed by atoms with Gasteiger partial charge in [-0.05, 0) is 6.92 Å². The number of rotatable bonds is 2. The van der Waals surface area contributed by atoms with Crippen molar-refractivity contribution in [2.24, 2.45) is 10.7 Å². The van der Waals surface area contributed by atoms with Crippen molar-refractivity contribution in [3.05, 3.63) is 0 Å². The fourth-order valence-corrected chi connectivity index (χ4v) is 1.12. The predicted molar refractivity (Wildman–Crippen MR) is 43.4 cm³/mol. The Morgan fingerprint density at radius 1 is 1.82 bits per heavy atom. The number of hydrogen-bond acceptors (Lipinski definition) is 3. The van der Waals surface area contributed by atoms with Crippen LogP contribution in [0.3, 0.4) is 0 Å². The Morgan fingerprint density at radius 3 is 3.00 bits per heavy atom. The molecule has 1 aliphatic rings. The molecular weight excluding hydrogens is 142 g/mol. The van der Waals surface area contributed by atoms with Crippen molar-refractivity contribution in [1.29, 1.82) is 0 Å². The van der Waals surface area contributed by atoms with Crippen molar-refractivity contribution in [3.8, 4) is 0 Å². The van der Waals surface area contributed by atoms with Gasteiger partial charge in [-0.25, -0.2) is 0 Å². The van der Waals surface area contributed by atoms with Gasteiger partial charge in [-0.15, -0.1) is 0 Å². The molecule has 62 valence electrons. The van der Waals surface area contributed by atoms with E-state index in [2.05, 4.69) is 4.99 Å². The molecule has 0 aromatic carbocycles. The molecule has 0 atom stereocenters. The topological polar surface area (TPSA) is 58.7 Å². The van der Waals surface area contributed by atoms with Crippen molar-refractivity contribution in [2.75, 3.05) is 19.6 Å². The van der Waals surface area contributed by atoms with E-state index in [4.69, 9.17) is 5.73 Å². The summed E-state index contributed by atoms with van der Waals surface area (Å²) in [4.78, 5) is 17.0. The van der Waals surface area contributed by atoms with Crippen molar-refractivity contribution >= 4 is 11.7 Å². The van der Waals surface area contributed by atoms with Crippen molar-refractivity contribution in [1.82, 2.24) is 4.90 Å². The third-order valence-corrected chi connectivity index (χ3v) is 1.71. The first-order chi connectivity index (χ1) is 5.25. The summed E-state index contributed by atoms with van der Waals surface area (Å²) in [6, 6.07) is 0. The molecule has 0 aliphatic carbocycles. The first kappa shape index (κ1) is 8.20. The summed E-state index contributed by atoms with van der Waals surface area (Å²) in [5.74, 6) is 0.912. The maximum absolute atomic E-state index is 11.2. The third kappa shape index (κ3) is 1.77. The molecule has 0 radical (unpaired) electrons. The molecule has 4 nitrogen and oxygen atoms in total. The molecular formula is C7H13N3O. The van der Waals surface area contributed by atoms with Crippen molar-refractivity contribution < 1.29 is 4.79 Å². The van der Waals surface area contributed by atoms with Crippen molar-refractivity contribution in [3.63, 3.8) is 0 Å². The second-order valence-electron chi connectivity index (χ2n) is 2.51. The van der Waals surface area contributed by atoms with Gasteiger partial charge in [-0.1, -0.05) is 0 Å². The van der Waals surface area contributed by atoms with Crippen LogP contribution in [0.1, 0.15) is 13.3 Å². The Labute approximate surface area is 66.1 Å². The first-order valence-electron chi connectivity index (χ1n) is 3.77. The second-order valence-corrected chi connectivity index (χ2v) is 2.51. The van der Waals surface area contributed by atoms with E-state index < -0.39 is 0 Å². The van der Waals surface area contributed by atoms with Gasteiger partial charge in [0, 0.05) is 19.5 Å². The van der Waals surface area contributed by atoms with E-state index in [1.165, 1.54) is 0 Å². The Balaban J connectivity index is 2.48. The highest BCUT2D eigenvalue weighted by atomic mass is 16.2. The van der Waals surface area contributed by atoms with E-state index in [1.807, 2.05) is 6.92 Å². The van der Waals surface area contributed by atoms with Crippen LogP contribution in [0.15, 0.2) is 4.99 Å². The standard InChI is InChI=1S/C7H13N3O/c1-6-9-4-5-10(6)7(11)2-3-8/h2-5,8H2,1H3. The van der Waals surface area contributed by atoms with Crippen LogP contribution in [0.4, 0.5) is 0 Å². The average Bonchev–Trinajstić information content (AvgIpc) is 2.36. The summed E-state index contributed by atoms with van der Waals surface area (Å²) < 4.78 is 0. The molecule has 1 amide bonds. The lowest BCUT2D eigenvalue weighted by molar-refractivity contribution is -0.126. The molecule has 0 saturated carbocycles. The molecule has 0 fully saturated rings. The molecule has 11 heavy (non-hydrogen) atoms. The van der Waals surface area contributed by atoms with Crippen LogP contribution in [0, 0.1) is 0 Å². The third-order valence-electron chi connectivity index (χ3n) is 1.71. The largest absolute Gasteiger partial charge is 0.330 e. The molecule has 0 aromatic heterocycles. The SMILES string of the molecule is CC1=NCCN1C(=O)CCN. The molecule has 0 spiro atoms. The lowest BCUT2D eigenvalue weighted by Crippen LogP contribution is -2.33. The molecule has 0 saturated heterocycles. The summed E-state index contributed by atoms with van der Waals surface area (Å²) in [6.07, 6.45) is 0.423. The molecule has 2 N–H and O–H groups in total. The molecule has 0 bridgehead atoms. The number of carbonyl (C=O) groups is 1. The Morgan fingerprint density at radius 2 is 2.55 bits per heavy atom. The lowest BCUT2D eigenvalue weighted by atomic mass is 10.3. The molecule has 0 unspecified atom stereocenters. The predicted octanol–water partition coefficient (Wildman–Crippen LogP) is -0.404. The van der Waals surface area contributed by atoms with Crippen molar-refractivity contribution in [2.45, 2.75) is 13.3 Å². The molecule has 1 heterocycles. The minimum absolute atomic E-state index is 0.0891. The van der Waals surface area contributed by atoms with Gasteiger partial charge in [-0.2, -0.15) is 0 Å². The van der Waals surface area contributed by atoms with Crippen LogP contribution in [-0.2, 0) is 4.79 Å². The highest BCUT2D eigenvalue weighted by molar-refractivity contribution is 5.98. The highest BCUT2D eigenvalue weighted by Crippen LogP contribution is 2.02. The number of nitrogens with zero attached hydrogens (tertiary/aromatic N) is 2.